The second-order valence-electron chi connectivity index (χ2n) is 12.1. The second kappa shape index (κ2) is 8.24. The Morgan fingerprint density at radius 1 is 0.973 bits per heavy atom. The van der Waals surface area contributed by atoms with Gasteiger partial charge < -0.3 is 4.90 Å². The number of nitrogens with zero attached hydrogens (tertiary/aromatic N) is 3. The molecule has 186 valence electrons. The number of Topliss-reactive ketones (excluding diaryl/α,β-unsaturated/α-hetero) is 1. The minimum absolute atomic E-state index is 0.285. The lowest BCUT2D eigenvalue weighted by molar-refractivity contribution is -0.148. The fourth-order valence-corrected chi connectivity index (χ4v) is 9.70. The van der Waals surface area contributed by atoms with E-state index in [9.17, 15) is 10.5 Å². The highest BCUT2D eigenvalue weighted by Crippen LogP contribution is 2.65. The fraction of sp³-hybridized carbons (Fsp3) is 0.469. The molecule has 37 heavy (non-hydrogen) atoms. The van der Waals surface area contributed by atoms with Gasteiger partial charge in [0.25, 0.3) is 0 Å². The third-order valence-electron chi connectivity index (χ3n) is 10.2. The zero-order chi connectivity index (χ0) is 25.4. The Bertz CT molecular complexity index is 1350. The van der Waals surface area contributed by atoms with Crippen LogP contribution in [0, 0.1) is 51.2 Å². The molecule has 5 heteroatoms. The Labute approximate surface area is 223 Å². The molecule has 3 atom stereocenters. The first-order chi connectivity index (χ1) is 18.0. The van der Waals surface area contributed by atoms with Gasteiger partial charge in [0.2, 0.25) is 0 Å². The average molecular weight is 506 g/mol. The highest BCUT2D eigenvalue weighted by Gasteiger charge is 2.67. The van der Waals surface area contributed by atoms with Gasteiger partial charge in [-0.3, -0.25) is 4.79 Å². The molecule has 8 rings (SSSR count). The molecule has 0 amide bonds. The number of hydrogen-bond donors (Lipinski definition) is 0. The van der Waals surface area contributed by atoms with E-state index < -0.39 is 23.4 Å². The van der Waals surface area contributed by atoms with Gasteiger partial charge in [-0.1, -0.05) is 36.4 Å². The van der Waals surface area contributed by atoms with Crippen molar-refractivity contribution in [3.63, 3.8) is 0 Å². The van der Waals surface area contributed by atoms with Crippen molar-refractivity contribution in [3.05, 3.63) is 71.4 Å². The van der Waals surface area contributed by atoms with E-state index >= 15 is 4.79 Å². The maximum Gasteiger partial charge on any atom is 0.177 e. The summed E-state index contributed by atoms with van der Waals surface area (Å²) < 4.78 is 0. The molecule has 6 aliphatic rings. The third-order valence-corrected chi connectivity index (χ3v) is 11.0. The van der Waals surface area contributed by atoms with E-state index in [4.69, 9.17) is 0 Å². The molecule has 0 radical (unpaired) electrons. The summed E-state index contributed by atoms with van der Waals surface area (Å²) in [6, 6.07) is 20.3. The number of thioether (sulfide) groups is 1. The van der Waals surface area contributed by atoms with Crippen LogP contribution in [0.15, 0.2) is 59.6 Å². The van der Waals surface area contributed by atoms with Gasteiger partial charge in [-0.2, -0.15) is 10.5 Å². The Balaban J connectivity index is 1.43. The van der Waals surface area contributed by atoms with Gasteiger partial charge in [0.1, 0.15) is 0 Å². The largest absolute Gasteiger partial charge is 0.357 e. The summed E-state index contributed by atoms with van der Waals surface area (Å²) in [7, 11) is 0. The van der Waals surface area contributed by atoms with Gasteiger partial charge in [0.15, 0.2) is 11.2 Å². The van der Waals surface area contributed by atoms with Gasteiger partial charge in [0, 0.05) is 22.4 Å². The molecule has 4 aliphatic carbocycles. The van der Waals surface area contributed by atoms with Crippen molar-refractivity contribution in [2.45, 2.75) is 61.4 Å². The van der Waals surface area contributed by atoms with Crippen molar-refractivity contribution in [2.75, 3.05) is 6.26 Å². The lowest BCUT2D eigenvalue weighted by atomic mass is 9.47. The summed E-state index contributed by atoms with van der Waals surface area (Å²) in [5.41, 5.74) is 1.24. The number of benzene rings is 2. The lowest BCUT2D eigenvalue weighted by Gasteiger charge is -2.57. The summed E-state index contributed by atoms with van der Waals surface area (Å²) in [6.45, 7) is 0. The van der Waals surface area contributed by atoms with E-state index in [0.717, 1.165) is 40.8 Å². The monoisotopic (exact) mass is 505 g/mol. The highest BCUT2D eigenvalue weighted by molar-refractivity contribution is 7.98. The van der Waals surface area contributed by atoms with E-state index in [1.54, 1.807) is 11.8 Å². The summed E-state index contributed by atoms with van der Waals surface area (Å²) >= 11 is 1.65. The quantitative estimate of drug-likeness (QED) is 0.432. The number of fused-ring (bicyclic) bond motifs is 3. The normalized spacial score (nSPS) is 35.9. The number of carbonyl (C=O) groups is 1. The molecule has 2 heterocycles. The Kier molecular flexibility index (Phi) is 5.15. The lowest BCUT2D eigenvalue weighted by Crippen LogP contribution is -2.55. The Hall–Kier alpha value is -3.02. The third kappa shape index (κ3) is 3.17. The molecule has 0 aromatic heterocycles. The summed E-state index contributed by atoms with van der Waals surface area (Å²) in [5, 5.41) is 21.7. The topological polar surface area (TPSA) is 67.9 Å². The van der Waals surface area contributed by atoms with Crippen molar-refractivity contribution in [2.24, 2.45) is 28.6 Å². The van der Waals surface area contributed by atoms with E-state index in [1.165, 1.54) is 19.3 Å². The first-order valence-electron chi connectivity index (χ1n) is 13.6. The number of hydrogen-bond acceptors (Lipinski definition) is 5. The van der Waals surface area contributed by atoms with E-state index in [0.29, 0.717) is 17.8 Å². The number of rotatable bonds is 4. The van der Waals surface area contributed by atoms with Crippen LogP contribution in [0.1, 0.15) is 67.2 Å². The molecule has 2 aromatic rings. The summed E-state index contributed by atoms with van der Waals surface area (Å²) in [6.07, 6.45) is 12.9. The van der Waals surface area contributed by atoms with Crippen molar-refractivity contribution >= 4 is 23.6 Å². The van der Waals surface area contributed by atoms with Gasteiger partial charge in [0.05, 0.1) is 24.2 Å². The maximum atomic E-state index is 15.0. The van der Waals surface area contributed by atoms with Crippen molar-refractivity contribution in [1.82, 2.24) is 4.90 Å². The fourth-order valence-electron chi connectivity index (χ4n) is 9.23. The molecule has 2 aliphatic heterocycles. The molecule has 1 saturated heterocycles. The van der Waals surface area contributed by atoms with Crippen LogP contribution in [0.3, 0.4) is 0 Å². The minimum atomic E-state index is -1.37. The number of carbonyl (C=O) groups excluding carboxylic acids is 1. The summed E-state index contributed by atoms with van der Waals surface area (Å²) in [4.78, 5) is 18.2. The van der Waals surface area contributed by atoms with Gasteiger partial charge in [-0.15, -0.1) is 11.8 Å². The first-order valence-corrected chi connectivity index (χ1v) is 14.8. The van der Waals surface area contributed by atoms with Gasteiger partial charge in [-0.05, 0) is 97.4 Å². The Morgan fingerprint density at radius 2 is 1.65 bits per heavy atom. The van der Waals surface area contributed by atoms with E-state index in [-0.39, 0.29) is 11.2 Å². The predicted molar refractivity (Wildman–Crippen MR) is 144 cm³/mol. The molecule has 0 N–H and O–H groups in total. The Morgan fingerprint density at radius 3 is 2.30 bits per heavy atom. The standard InChI is InChI=1S/C32H31N3OS/c1-37-25-7-4-6-24(14-25)27-28(30(36)31-15-20-11-21(16-31)13-22(12-20)17-31)35-10-9-23-5-2-3-8-26(23)29(35)32(27,18-33)19-34/h2-10,14,20-22,27-29H,11-13,15-17H2,1H3. The first kappa shape index (κ1) is 23.1. The molecular formula is C32H31N3OS. The average Bonchev–Trinajstić information content (AvgIpc) is 3.23. The molecule has 4 saturated carbocycles. The van der Waals surface area contributed by atoms with Gasteiger partial charge in [-0.25, -0.2) is 0 Å². The second-order valence-corrected chi connectivity index (χ2v) is 13.0. The van der Waals surface area contributed by atoms with Crippen LogP contribution in [0.25, 0.3) is 6.08 Å². The van der Waals surface area contributed by atoms with Crippen LogP contribution >= 0.6 is 11.8 Å². The smallest absolute Gasteiger partial charge is 0.177 e. The molecule has 4 bridgehead atoms. The van der Waals surface area contributed by atoms with Crippen LogP contribution in [0.2, 0.25) is 0 Å². The van der Waals surface area contributed by atoms with Crippen LogP contribution in [0.4, 0.5) is 0 Å². The van der Waals surface area contributed by atoms with Crippen LogP contribution < -0.4 is 0 Å². The number of nitriles is 2. The minimum Gasteiger partial charge on any atom is -0.357 e. The van der Waals surface area contributed by atoms with E-state index in [1.807, 2.05) is 48.9 Å². The van der Waals surface area contributed by atoms with Crippen molar-refractivity contribution in [1.29, 1.82) is 10.5 Å². The van der Waals surface area contributed by atoms with Crippen LogP contribution in [-0.4, -0.2) is 23.0 Å². The molecule has 5 fully saturated rings. The SMILES string of the molecule is CSc1cccc(C2C(C(=O)C34CC5CC(CC(C5)C3)C4)N3C=Cc4ccccc4C3C2(C#N)C#N)c1. The molecule has 2 aromatic carbocycles. The maximum absolute atomic E-state index is 15.0. The predicted octanol–water partition coefficient (Wildman–Crippen LogP) is 6.72. The molecule has 0 spiro atoms. The molecular weight excluding hydrogens is 474 g/mol. The van der Waals surface area contributed by atoms with Crippen LogP contribution in [-0.2, 0) is 4.79 Å². The van der Waals surface area contributed by atoms with Gasteiger partial charge >= 0.3 is 0 Å². The summed E-state index contributed by atoms with van der Waals surface area (Å²) in [5.74, 6) is 1.73. The zero-order valence-corrected chi connectivity index (χ0v) is 22.0. The van der Waals surface area contributed by atoms with Crippen molar-refractivity contribution in [3.8, 4) is 12.1 Å². The van der Waals surface area contributed by atoms with Crippen molar-refractivity contribution < 1.29 is 4.79 Å². The molecule has 4 nitrogen and oxygen atoms in total. The zero-order valence-electron chi connectivity index (χ0n) is 21.1. The highest BCUT2D eigenvalue weighted by atomic mass is 32.2. The number of ketones is 1. The van der Waals surface area contributed by atoms with E-state index in [2.05, 4.69) is 35.2 Å². The molecule has 3 unspecified atom stereocenters. The van der Waals surface area contributed by atoms with Crippen LogP contribution in [0.5, 0.6) is 0 Å².